The standard InChI is InChI=1S/C17H26N2O/c20-12-11-18-7-2-8-19(10-9-18)14-15-5-6-16-3-1-4-17(16)13-15/h5-6,13,20H,1-4,7-12,14H2. The molecule has 3 nitrogen and oxygen atoms in total. The van der Waals surface area contributed by atoms with E-state index in [1.54, 1.807) is 11.1 Å². The smallest absolute Gasteiger partial charge is 0.0558 e. The van der Waals surface area contributed by atoms with Crippen molar-refractivity contribution in [3.8, 4) is 0 Å². The van der Waals surface area contributed by atoms with E-state index in [1.807, 2.05) is 0 Å². The summed E-state index contributed by atoms with van der Waals surface area (Å²) in [6.45, 7) is 6.71. The number of fused-ring (bicyclic) bond motifs is 1. The minimum atomic E-state index is 0.283. The number of aliphatic hydroxyl groups excluding tert-OH is 1. The van der Waals surface area contributed by atoms with Gasteiger partial charge in [-0.05, 0) is 55.5 Å². The van der Waals surface area contributed by atoms with Crippen molar-refractivity contribution in [3.05, 3.63) is 34.9 Å². The zero-order valence-corrected chi connectivity index (χ0v) is 12.4. The second-order valence-corrected chi connectivity index (χ2v) is 6.15. The van der Waals surface area contributed by atoms with E-state index in [0.717, 1.165) is 32.7 Å². The molecule has 20 heavy (non-hydrogen) atoms. The quantitative estimate of drug-likeness (QED) is 0.905. The van der Waals surface area contributed by atoms with Crippen LogP contribution in [0.3, 0.4) is 0 Å². The lowest BCUT2D eigenvalue weighted by atomic mass is 10.1. The maximum atomic E-state index is 9.05. The van der Waals surface area contributed by atoms with Crippen molar-refractivity contribution >= 4 is 0 Å². The van der Waals surface area contributed by atoms with E-state index >= 15 is 0 Å². The lowest BCUT2D eigenvalue weighted by molar-refractivity contribution is 0.196. The molecule has 0 aromatic heterocycles. The highest BCUT2D eigenvalue weighted by Gasteiger charge is 2.16. The Labute approximate surface area is 122 Å². The van der Waals surface area contributed by atoms with Crippen molar-refractivity contribution in [1.29, 1.82) is 0 Å². The molecule has 0 saturated carbocycles. The molecule has 0 bridgehead atoms. The van der Waals surface area contributed by atoms with Crippen molar-refractivity contribution in [2.45, 2.75) is 32.2 Å². The van der Waals surface area contributed by atoms with Crippen LogP contribution in [0.2, 0.25) is 0 Å². The van der Waals surface area contributed by atoms with Gasteiger partial charge in [0.2, 0.25) is 0 Å². The number of aryl methyl sites for hydroxylation is 2. The van der Waals surface area contributed by atoms with Crippen LogP contribution in [0, 0.1) is 0 Å². The number of β-amino-alcohol motifs (C(OH)–C–C–N with tert-alkyl or cyclic N) is 1. The molecular weight excluding hydrogens is 248 g/mol. The van der Waals surface area contributed by atoms with Crippen molar-refractivity contribution in [1.82, 2.24) is 9.80 Å². The van der Waals surface area contributed by atoms with Gasteiger partial charge in [-0.2, -0.15) is 0 Å². The molecular formula is C17H26N2O. The summed E-state index contributed by atoms with van der Waals surface area (Å²) in [5.74, 6) is 0. The fourth-order valence-electron chi connectivity index (χ4n) is 3.53. The van der Waals surface area contributed by atoms with Gasteiger partial charge in [-0.1, -0.05) is 18.2 Å². The molecule has 0 radical (unpaired) electrons. The molecule has 3 heteroatoms. The van der Waals surface area contributed by atoms with Gasteiger partial charge in [-0.15, -0.1) is 0 Å². The molecule has 1 N–H and O–H groups in total. The Balaban J connectivity index is 1.57. The zero-order chi connectivity index (χ0) is 13.8. The van der Waals surface area contributed by atoms with Crippen molar-refractivity contribution in [2.24, 2.45) is 0 Å². The lowest BCUT2D eigenvalue weighted by Crippen LogP contribution is -2.32. The van der Waals surface area contributed by atoms with Crippen LogP contribution in [0.4, 0.5) is 0 Å². The van der Waals surface area contributed by atoms with Crippen LogP contribution < -0.4 is 0 Å². The van der Waals surface area contributed by atoms with Crippen LogP contribution in [0.25, 0.3) is 0 Å². The van der Waals surface area contributed by atoms with Gasteiger partial charge in [0.1, 0.15) is 0 Å². The van der Waals surface area contributed by atoms with Gasteiger partial charge in [0.05, 0.1) is 6.61 Å². The first-order valence-electron chi connectivity index (χ1n) is 8.01. The molecule has 1 saturated heterocycles. The molecule has 1 fully saturated rings. The van der Waals surface area contributed by atoms with Gasteiger partial charge in [-0.3, -0.25) is 9.80 Å². The molecule has 0 amide bonds. The Morgan fingerprint density at radius 3 is 2.60 bits per heavy atom. The minimum absolute atomic E-state index is 0.283. The maximum Gasteiger partial charge on any atom is 0.0558 e. The van der Waals surface area contributed by atoms with E-state index in [4.69, 9.17) is 5.11 Å². The van der Waals surface area contributed by atoms with E-state index in [2.05, 4.69) is 28.0 Å². The SMILES string of the molecule is OCCN1CCCN(Cc2ccc3c(c2)CCC3)CC1. The lowest BCUT2D eigenvalue weighted by Gasteiger charge is -2.21. The van der Waals surface area contributed by atoms with Crippen LogP contribution in [0.5, 0.6) is 0 Å². The minimum Gasteiger partial charge on any atom is -0.395 e. The molecule has 3 rings (SSSR count). The highest BCUT2D eigenvalue weighted by Crippen LogP contribution is 2.23. The summed E-state index contributed by atoms with van der Waals surface area (Å²) in [4.78, 5) is 4.94. The number of aliphatic hydroxyl groups is 1. The van der Waals surface area contributed by atoms with E-state index < -0.39 is 0 Å². The molecule has 1 aromatic rings. The van der Waals surface area contributed by atoms with E-state index in [9.17, 15) is 0 Å². The van der Waals surface area contributed by atoms with Gasteiger partial charge in [0.15, 0.2) is 0 Å². The van der Waals surface area contributed by atoms with Crippen LogP contribution in [0.1, 0.15) is 29.5 Å². The third kappa shape index (κ3) is 3.40. The normalized spacial score (nSPS) is 20.9. The predicted molar refractivity (Wildman–Crippen MR) is 81.9 cm³/mol. The van der Waals surface area contributed by atoms with Crippen molar-refractivity contribution in [3.63, 3.8) is 0 Å². The molecule has 1 aromatic carbocycles. The Morgan fingerprint density at radius 1 is 0.900 bits per heavy atom. The van der Waals surface area contributed by atoms with Crippen LogP contribution in [-0.4, -0.2) is 54.2 Å². The first kappa shape index (κ1) is 14.1. The second-order valence-electron chi connectivity index (χ2n) is 6.15. The van der Waals surface area contributed by atoms with Crippen molar-refractivity contribution < 1.29 is 5.11 Å². The number of benzene rings is 1. The number of rotatable bonds is 4. The van der Waals surface area contributed by atoms with E-state index in [1.165, 1.54) is 37.8 Å². The summed E-state index contributed by atoms with van der Waals surface area (Å²) in [5, 5.41) is 9.05. The molecule has 1 aliphatic carbocycles. The fourth-order valence-corrected chi connectivity index (χ4v) is 3.53. The van der Waals surface area contributed by atoms with Gasteiger partial charge in [-0.25, -0.2) is 0 Å². The maximum absolute atomic E-state index is 9.05. The van der Waals surface area contributed by atoms with Gasteiger partial charge in [0, 0.05) is 26.2 Å². The van der Waals surface area contributed by atoms with E-state index in [0.29, 0.717) is 0 Å². The Hall–Kier alpha value is -0.900. The molecule has 1 aliphatic heterocycles. The van der Waals surface area contributed by atoms with Crippen LogP contribution in [-0.2, 0) is 19.4 Å². The number of hydrogen-bond donors (Lipinski definition) is 1. The number of hydrogen-bond acceptors (Lipinski definition) is 3. The molecule has 110 valence electrons. The zero-order valence-electron chi connectivity index (χ0n) is 12.4. The first-order valence-corrected chi connectivity index (χ1v) is 8.01. The summed E-state index contributed by atoms with van der Waals surface area (Å²) in [6.07, 6.45) is 5.09. The summed E-state index contributed by atoms with van der Waals surface area (Å²) in [7, 11) is 0. The van der Waals surface area contributed by atoms with Crippen LogP contribution in [0.15, 0.2) is 18.2 Å². The third-order valence-electron chi connectivity index (χ3n) is 4.67. The monoisotopic (exact) mass is 274 g/mol. The van der Waals surface area contributed by atoms with Gasteiger partial charge >= 0.3 is 0 Å². The fraction of sp³-hybridized carbons (Fsp3) is 0.647. The predicted octanol–water partition coefficient (Wildman–Crippen LogP) is 1.68. The summed E-state index contributed by atoms with van der Waals surface area (Å²) in [5.41, 5.74) is 4.62. The third-order valence-corrected chi connectivity index (χ3v) is 4.67. The molecule has 2 aliphatic rings. The molecule has 0 unspecified atom stereocenters. The highest BCUT2D eigenvalue weighted by atomic mass is 16.3. The van der Waals surface area contributed by atoms with Crippen molar-refractivity contribution in [2.75, 3.05) is 39.3 Å². The Bertz CT molecular complexity index is 447. The molecule has 1 heterocycles. The molecule has 0 spiro atoms. The topological polar surface area (TPSA) is 26.7 Å². The highest BCUT2D eigenvalue weighted by molar-refractivity contribution is 5.35. The van der Waals surface area contributed by atoms with Gasteiger partial charge in [0.25, 0.3) is 0 Å². The second kappa shape index (κ2) is 6.70. The largest absolute Gasteiger partial charge is 0.395 e. The number of nitrogens with zero attached hydrogens (tertiary/aromatic N) is 2. The first-order chi connectivity index (χ1) is 9.85. The Morgan fingerprint density at radius 2 is 1.70 bits per heavy atom. The summed E-state index contributed by atoms with van der Waals surface area (Å²) < 4.78 is 0. The summed E-state index contributed by atoms with van der Waals surface area (Å²) >= 11 is 0. The van der Waals surface area contributed by atoms with E-state index in [-0.39, 0.29) is 6.61 Å². The molecule has 0 atom stereocenters. The average Bonchev–Trinajstić information content (AvgIpc) is 2.81. The van der Waals surface area contributed by atoms with Gasteiger partial charge < -0.3 is 5.11 Å². The van der Waals surface area contributed by atoms with Crippen LogP contribution >= 0.6 is 0 Å². The summed E-state index contributed by atoms with van der Waals surface area (Å²) in [6, 6.07) is 7.09. The Kier molecular flexibility index (Phi) is 4.71. The average molecular weight is 274 g/mol.